The molecule has 2 aromatic rings. The Labute approximate surface area is 238 Å². The predicted octanol–water partition coefficient (Wildman–Crippen LogP) is 6.01. The molecule has 3 amide bonds. The van der Waals surface area contributed by atoms with E-state index >= 15 is 4.39 Å². The van der Waals surface area contributed by atoms with Crippen LogP contribution in [-0.2, 0) is 15.3 Å². The van der Waals surface area contributed by atoms with Crippen LogP contribution in [0, 0.1) is 9.39 Å². The van der Waals surface area contributed by atoms with Gasteiger partial charge < -0.3 is 19.9 Å². The molecule has 0 bridgehead atoms. The van der Waals surface area contributed by atoms with E-state index in [1.54, 1.807) is 6.92 Å². The van der Waals surface area contributed by atoms with Crippen LogP contribution in [0.25, 0.3) is 0 Å². The van der Waals surface area contributed by atoms with Crippen molar-refractivity contribution in [2.75, 3.05) is 30.9 Å². The highest BCUT2D eigenvalue weighted by Crippen LogP contribution is 2.54. The Morgan fingerprint density at radius 3 is 2.02 bits per heavy atom. The maximum absolute atomic E-state index is 15.2. The van der Waals surface area contributed by atoms with E-state index in [9.17, 15) is 53.9 Å². The SMILES string of the molecule is CCN(C)C(=O)C(=O)N(C)c1cccc(C(=O)Nc2c(I)cc(C(F)(C(F)(F)F)C(F)(F)F)cc2OC(F)F)c1F. The largest absolute Gasteiger partial charge is 0.435 e. The Hall–Kier alpha value is -3.32. The molecule has 0 atom stereocenters. The molecule has 0 unspecified atom stereocenters. The van der Waals surface area contributed by atoms with Crippen molar-refractivity contribution in [1.29, 1.82) is 0 Å². The minimum Gasteiger partial charge on any atom is -0.433 e. The number of benzene rings is 2. The molecule has 18 heteroatoms. The number of rotatable bonds is 7. The first-order valence-electron chi connectivity index (χ1n) is 10.9. The standard InChI is InChI=1S/C23H18F10IN3O4/c1-4-36(2)18(39)19(40)37(3)13-7-5-6-11(15(13)24)17(38)35-16-12(34)8-10(9-14(16)41-20(25)26)21(27,22(28,29)30)23(31,32)33/h5-9,20H,4H2,1-3H3,(H,35,38). The van der Waals surface area contributed by atoms with Crippen LogP contribution in [0.2, 0.25) is 0 Å². The zero-order valence-corrected chi connectivity index (χ0v) is 23.0. The summed E-state index contributed by atoms with van der Waals surface area (Å²) < 4.78 is 138. The van der Waals surface area contributed by atoms with Gasteiger partial charge in [0.25, 0.3) is 5.91 Å². The number of halogens is 11. The van der Waals surface area contributed by atoms with Crippen LogP contribution in [0.1, 0.15) is 22.8 Å². The maximum Gasteiger partial charge on any atom is 0.435 e. The lowest BCUT2D eigenvalue weighted by molar-refractivity contribution is -0.348. The number of likely N-dealkylation sites (N-methyl/N-ethyl adjacent to an activating group) is 2. The fourth-order valence-electron chi connectivity index (χ4n) is 3.27. The van der Waals surface area contributed by atoms with Gasteiger partial charge in [-0.1, -0.05) is 6.07 Å². The molecule has 0 aliphatic carbocycles. The van der Waals surface area contributed by atoms with Gasteiger partial charge in [0.05, 0.1) is 16.9 Å². The van der Waals surface area contributed by atoms with Crippen LogP contribution in [0.15, 0.2) is 30.3 Å². The normalized spacial score (nSPS) is 12.3. The van der Waals surface area contributed by atoms with E-state index in [1.165, 1.54) is 7.05 Å². The summed E-state index contributed by atoms with van der Waals surface area (Å²) in [5, 5.41) is 1.83. The highest BCUT2D eigenvalue weighted by molar-refractivity contribution is 14.1. The van der Waals surface area contributed by atoms with Gasteiger partial charge in [-0.15, -0.1) is 0 Å². The molecule has 0 heterocycles. The van der Waals surface area contributed by atoms with Crippen molar-refractivity contribution in [2.24, 2.45) is 0 Å². The van der Waals surface area contributed by atoms with E-state index in [1.807, 2.05) is 5.32 Å². The quantitative estimate of drug-likeness (QED) is 0.216. The van der Waals surface area contributed by atoms with Crippen LogP contribution in [0.3, 0.4) is 0 Å². The lowest BCUT2D eigenvalue weighted by Crippen LogP contribution is -2.50. The Kier molecular flexibility index (Phi) is 10.1. The summed E-state index contributed by atoms with van der Waals surface area (Å²) in [6.45, 7) is -2.18. The number of carbonyl (C=O) groups is 3. The minimum absolute atomic E-state index is 0.00938. The van der Waals surface area contributed by atoms with Gasteiger partial charge in [-0.3, -0.25) is 14.4 Å². The number of alkyl halides is 9. The van der Waals surface area contributed by atoms with Crippen molar-refractivity contribution in [3.8, 4) is 5.75 Å². The second-order valence-electron chi connectivity index (χ2n) is 8.14. The fraction of sp³-hybridized carbons (Fsp3) is 0.348. The van der Waals surface area contributed by atoms with Crippen LogP contribution in [0.5, 0.6) is 5.75 Å². The van der Waals surface area contributed by atoms with Gasteiger partial charge in [-0.05, 0) is 53.8 Å². The summed E-state index contributed by atoms with van der Waals surface area (Å²) in [6.07, 6.45) is -13.2. The monoisotopic (exact) mass is 717 g/mol. The number of carbonyl (C=O) groups excluding carboxylic acids is 3. The highest BCUT2D eigenvalue weighted by atomic mass is 127. The molecule has 0 radical (unpaired) electrons. The number of nitrogens with zero attached hydrogens (tertiary/aromatic N) is 2. The zero-order valence-electron chi connectivity index (χ0n) is 20.9. The molecule has 41 heavy (non-hydrogen) atoms. The molecular formula is C23H18F10IN3O4. The van der Waals surface area contributed by atoms with Gasteiger partial charge in [0, 0.05) is 29.8 Å². The average Bonchev–Trinajstić information content (AvgIpc) is 2.86. The van der Waals surface area contributed by atoms with Crippen molar-refractivity contribution < 1.29 is 63.0 Å². The van der Waals surface area contributed by atoms with E-state index < -0.39 is 80.0 Å². The second-order valence-corrected chi connectivity index (χ2v) is 9.30. The van der Waals surface area contributed by atoms with Crippen molar-refractivity contribution >= 4 is 51.7 Å². The Bertz CT molecular complexity index is 1320. The summed E-state index contributed by atoms with van der Waals surface area (Å²) in [7, 11) is 2.29. The molecular weight excluding hydrogens is 699 g/mol. The first-order valence-corrected chi connectivity index (χ1v) is 12.0. The lowest BCUT2D eigenvalue weighted by atomic mass is 9.93. The third-order valence-electron chi connectivity index (χ3n) is 5.58. The number of hydrogen-bond donors (Lipinski definition) is 1. The molecule has 0 saturated carbocycles. The highest BCUT2D eigenvalue weighted by Gasteiger charge is 2.73. The zero-order chi connectivity index (χ0) is 31.7. The van der Waals surface area contributed by atoms with Crippen LogP contribution < -0.4 is 15.0 Å². The van der Waals surface area contributed by atoms with Crippen molar-refractivity contribution in [3.05, 3.63) is 50.8 Å². The molecule has 0 spiro atoms. The van der Waals surface area contributed by atoms with E-state index in [0.29, 0.717) is 4.90 Å². The van der Waals surface area contributed by atoms with Gasteiger partial charge in [0.2, 0.25) is 0 Å². The summed E-state index contributed by atoms with van der Waals surface area (Å²) in [6, 6.07) is 2.56. The van der Waals surface area contributed by atoms with Crippen LogP contribution in [0.4, 0.5) is 55.3 Å². The number of amides is 3. The topological polar surface area (TPSA) is 79.0 Å². The second kappa shape index (κ2) is 12.3. The van der Waals surface area contributed by atoms with E-state index in [-0.39, 0.29) is 18.7 Å². The summed E-state index contributed by atoms with van der Waals surface area (Å²) in [4.78, 5) is 39.0. The molecule has 0 saturated heterocycles. The average molecular weight is 717 g/mol. The van der Waals surface area contributed by atoms with Crippen molar-refractivity contribution in [1.82, 2.24) is 4.90 Å². The molecule has 7 nitrogen and oxygen atoms in total. The summed E-state index contributed by atoms with van der Waals surface area (Å²) in [5.74, 6) is -6.62. The molecule has 0 aliphatic rings. The molecule has 2 rings (SSSR count). The molecule has 0 aromatic heterocycles. The van der Waals surface area contributed by atoms with E-state index in [2.05, 4.69) is 4.74 Å². The van der Waals surface area contributed by atoms with Gasteiger partial charge in [0.15, 0.2) is 11.6 Å². The smallest absolute Gasteiger partial charge is 0.433 e. The molecule has 2 aromatic carbocycles. The van der Waals surface area contributed by atoms with Gasteiger partial charge in [0.1, 0.15) is 0 Å². The molecule has 1 N–H and O–H groups in total. The van der Waals surface area contributed by atoms with Crippen LogP contribution >= 0.6 is 22.6 Å². The summed E-state index contributed by atoms with van der Waals surface area (Å²) >= 11 is 1.03. The van der Waals surface area contributed by atoms with Gasteiger partial charge in [-0.25, -0.2) is 8.78 Å². The lowest BCUT2D eigenvalue weighted by Gasteiger charge is -2.31. The Balaban J connectivity index is 2.59. The molecule has 0 fully saturated rings. The Morgan fingerprint density at radius 2 is 1.54 bits per heavy atom. The third kappa shape index (κ3) is 6.78. The number of hydrogen-bond acceptors (Lipinski definition) is 4. The Morgan fingerprint density at radius 1 is 0.976 bits per heavy atom. The predicted molar refractivity (Wildman–Crippen MR) is 132 cm³/mol. The van der Waals surface area contributed by atoms with Crippen molar-refractivity contribution in [3.63, 3.8) is 0 Å². The fourth-order valence-corrected chi connectivity index (χ4v) is 4.01. The van der Waals surface area contributed by atoms with Gasteiger partial charge >= 0.3 is 36.4 Å². The van der Waals surface area contributed by atoms with Crippen LogP contribution in [-0.4, -0.2) is 62.2 Å². The van der Waals surface area contributed by atoms with E-state index in [0.717, 1.165) is 52.7 Å². The third-order valence-corrected chi connectivity index (χ3v) is 6.43. The number of anilines is 2. The number of nitrogens with one attached hydrogen (secondary N) is 1. The van der Waals surface area contributed by atoms with Crippen molar-refractivity contribution in [2.45, 2.75) is 31.6 Å². The van der Waals surface area contributed by atoms with E-state index in [4.69, 9.17) is 0 Å². The van der Waals surface area contributed by atoms with Gasteiger partial charge in [-0.2, -0.15) is 35.1 Å². The molecule has 0 aliphatic heterocycles. The summed E-state index contributed by atoms with van der Waals surface area (Å²) in [5.41, 5.74) is -10.6. The maximum atomic E-state index is 15.2. The number of ether oxygens (including phenoxy) is 1. The molecule has 226 valence electrons. The first-order chi connectivity index (χ1) is 18.7. The minimum atomic E-state index is -6.58. The first kappa shape index (κ1) is 33.9.